The monoisotopic (exact) mass is 476 g/mol. The van der Waals surface area contributed by atoms with Crippen molar-refractivity contribution in [1.29, 1.82) is 0 Å². The Morgan fingerprint density at radius 3 is 2.62 bits per heavy atom. The summed E-state index contributed by atoms with van der Waals surface area (Å²) < 4.78 is 12.1. The van der Waals surface area contributed by atoms with Gasteiger partial charge in [0.1, 0.15) is 24.2 Å². The van der Waals surface area contributed by atoms with Gasteiger partial charge >= 0.3 is 5.97 Å². The third kappa shape index (κ3) is 4.31. The van der Waals surface area contributed by atoms with Gasteiger partial charge in [0, 0.05) is 26.2 Å². The van der Waals surface area contributed by atoms with E-state index in [1.807, 2.05) is 6.92 Å². The lowest BCUT2D eigenvalue weighted by Gasteiger charge is -2.37. The molecule has 3 heterocycles. The maximum atomic E-state index is 14.0. The van der Waals surface area contributed by atoms with Gasteiger partial charge in [0.15, 0.2) is 0 Å². The minimum Gasteiger partial charge on any atom is -0.461 e. The molecular formula is C26H40N2O6. The molecule has 1 spiro atoms. The fourth-order valence-electron chi connectivity index (χ4n) is 6.24. The smallest absolute Gasteiger partial charge is 0.313 e. The molecule has 1 N–H and O–H groups in total. The average molecular weight is 477 g/mol. The number of carbonyl (C=O) groups excluding carboxylic acids is 3. The highest BCUT2D eigenvalue weighted by atomic mass is 16.6. The molecule has 190 valence electrons. The quantitative estimate of drug-likeness (QED) is 0.235. The highest BCUT2D eigenvalue weighted by molar-refractivity contribution is 5.98. The van der Waals surface area contributed by atoms with Crippen LogP contribution in [0.15, 0.2) is 25.3 Å². The minimum atomic E-state index is -1.07. The number of likely N-dealkylation sites (tertiary alicyclic amines) is 1. The van der Waals surface area contributed by atoms with Gasteiger partial charge in [-0.25, -0.2) is 0 Å². The van der Waals surface area contributed by atoms with Crippen LogP contribution in [-0.2, 0) is 23.9 Å². The number of unbranched alkanes of at least 4 members (excludes halogenated alkanes) is 2. The lowest BCUT2D eigenvalue weighted by Crippen LogP contribution is -2.56. The predicted octanol–water partition coefficient (Wildman–Crippen LogP) is 2.46. The van der Waals surface area contributed by atoms with Crippen LogP contribution >= 0.6 is 0 Å². The Bertz CT molecular complexity index is 800. The molecule has 3 rings (SSSR count). The van der Waals surface area contributed by atoms with Crippen molar-refractivity contribution in [2.45, 2.75) is 76.0 Å². The summed E-state index contributed by atoms with van der Waals surface area (Å²) in [5.41, 5.74) is -1.88. The third-order valence-electron chi connectivity index (χ3n) is 7.76. The van der Waals surface area contributed by atoms with E-state index in [1.165, 1.54) is 6.08 Å². The number of amides is 2. The normalized spacial score (nSPS) is 31.4. The molecule has 3 fully saturated rings. The van der Waals surface area contributed by atoms with Gasteiger partial charge in [0.05, 0.1) is 11.5 Å². The minimum absolute atomic E-state index is 0.0597. The number of aliphatic hydroxyl groups excluding tert-OH is 1. The molecular weight excluding hydrogens is 436 g/mol. The van der Waals surface area contributed by atoms with Crippen LogP contribution in [0.5, 0.6) is 0 Å². The predicted molar refractivity (Wildman–Crippen MR) is 128 cm³/mol. The van der Waals surface area contributed by atoms with Crippen LogP contribution in [0.1, 0.15) is 58.8 Å². The molecule has 2 amide bonds. The number of hydrogen-bond donors (Lipinski definition) is 1. The Balaban J connectivity index is 2.02. The maximum Gasteiger partial charge on any atom is 0.313 e. The molecule has 3 saturated heterocycles. The molecule has 2 unspecified atom stereocenters. The van der Waals surface area contributed by atoms with Gasteiger partial charge in [-0.15, -0.1) is 6.58 Å². The Hall–Kier alpha value is -2.19. The van der Waals surface area contributed by atoms with Crippen LogP contribution in [-0.4, -0.2) is 82.8 Å². The number of fused-ring (bicyclic) bond motifs is 1. The fraction of sp³-hybridized carbons (Fsp3) is 0.731. The molecule has 0 aliphatic carbocycles. The molecule has 3 aliphatic rings. The molecule has 8 heteroatoms. The van der Waals surface area contributed by atoms with E-state index < -0.39 is 35.0 Å². The van der Waals surface area contributed by atoms with Crippen molar-refractivity contribution in [3.8, 4) is 0 Å². The summed E-state index contributed by atoms with van der Waals surface area (Å²) in [6.45, 7) is 12.6. The number of nitrogens with zero attached hydrogens (tertiary/aromatic N) is 2. The van der Waals surface area contributed by atoms with Gasteiger partial charge in [-0.3, -0.25) is 14.4 Å². The SMILES string of the molecule is C=CCOC(=O)[C@H]1[C@H]2C(=O)N(CCCO)C(C(=O)N(CC=C)CCCCC)C23CC[C@]1(CC)O3. The highest BCUT2D eigenvalue weighted by Crippen LogP contribution is 2.64. The van der Waals surface area contributed by atoms with Crippen LogP contribution in [0, 0.1) is 11.8 Å². The summed E-state index contributed by atoms with van der Waals surface area (Å²) in [4.78, 5) is 44.3. The standard InChI is InChI=1S/C26H40N2O6/c1-5-9-10-15-27(14-6-2)23(31)21-26-13-12-25(8-4,34-26)20(24(32)33-18-7-3)19(26)22(30)28(21)16-11-17-29/h6-7,19-21,29H,2-3,5,8-18H2,1,4H3/t19-,20+,21?,25-,26?/m0/s1. The second-order valence-corrected chi connectivity index (χ2v) is 9.64. The second-order valence-electron chi connectivity index (χ2n) is 9.64. The Morgan fingerprint density at radius 2 is 2.00 bits per heavy atom. The molecule has 5 atom stereocenters. The number of carbonyl (C=O) groups is 3. The van der Waals surface area contributed by atoms with E-state index in [9.17, 15) is 19.5 Å². The fourth-order valence-corrected chi connectivity index (χ4v) is 6.24. The van der Waals surface area contributed by atoms with Crippen molar-refractivity contribution in [2.24, 2.45) is 11.8 Å². The third-order valence-corrected chi connectivity index (χ3v) is 7.76. The summed E-state index contributed by atoms with van der Waals surface area (Å²) >= 11 is 0. The maximum absolute atomic E-state index is 14.0. The van der Waals surface area contributed by atoms with E-state index >= 15 is 0 Å². The van der Waals surface area contributed by atoms with Gasteiger partial charge < -0.3 is 24.4 Å². The average Bonchev–Trinajstić information content (AvgIpc) is 3.44. The van der Waals surface area contributed by atoms with E-state index in [-0.39, 0.29) is 31.6 Å². The molecule has 0 aromatic heterocycles. The summed E-state index contributed by atoms with van der Waals surface area (Å²) in [7, 11) is 0. The summed E-state index contributed by atoms with van der Waals surface area (Å²) in [6, 6.07) is -0.830. The van der Waals surface area contributed by atoms with Crippen LogP contribution in [0.2, 0.25) is 0 Å². The lowest BCUT2D eigenvalue weighted by molar-refractivity contribution is -0.161. The van der Waals surface area contributed by atoms with Crippen LogP contribution in [0.25, 0.3) is 0 Å². The number of hydrogen-bond acceptors (Lipinski definition) is 6. The van der Waals surface area contributed by atoms with E-state index in [4.69, 9.17) is 9.47 Å². The van der Waals surface area contributed by atoms with Gasteiger partial charge in [-0.05, 0) is 32.1 Å². The van der Waals surface area contributed by atoms with Crippen LogP contribution < -0.4 is 0 Å². The van der Waals surface area contributed by atoms with E-state index in [0.717, 1.165) is 19.3 Å². The number of aliphatic hydroxyl groups is 1. The van der Waals surface area contributed by atoms with E-state index in [0.29, 0.717) is 38.8 Å². The van der Waals surface area contributed by atoms with Gasteiger partial charge in [0.2, 0.25) is 11.8 Å². The van der Waals surface area contributed by atoms with E-state index in [1.54, 1.807) is 15.9 Å². The highest BCUT2D eigenvalue weighted by Gasteiger charge is 2.79. The molecule has 0 aromatic rings. The van der Waals surface area contributed by atoms with Crippen molar-refractivity contribution in [3.05, 3.63) is 25.3 Å². The first-order valence-electron chi connectivity index (χ1n) is 12.7. The van der Waals surface area contributed by atoms with Crippen molar-refractivity contribution in [3.63, 3.8) is 0 Å². The number of rotatable bonds is 14. The topological polar surface area (TPSA) is 96.4 Å². The summed E-state index contributed by atoms with van der Waals surface area (Å²) in [5, 5.41) is 9.46. The molecule has 0 radical (unpaired) electrons. The zero-order chi connectivity index (χ0) is 24.9. The van der Waals surface area contributed by atoms with Gasteiger partial charge in [0.25, 0.3) is 0 Å². The van der Waals surface area contributed by atoms with E-state index in [2.05, 4.69) is 20.1 Å². The van der Waals surface area contributed by atoms with Crippen molar-refractivity contribution < 1.29 is 29.0 Å². The van der Waals surface area contributed by atoms with Gasteiger partial charge in [-0.1, -0.05) is 45.4 Å². The van der Waals surface area contributed by atoms with Crippen molar-refractivity contribution in [1.82, 2.24) is 9.80 Å². The molecule has 0 aromatic carbocycles. The Morgan fingerprint density at radius 1 is 1.24 bits per heavy atom. The largest absolute Gasteiger partial charge is 0.461 e. The summed E-state index contributed by atoms with van der Waals surface area (Å²) in [5.74, 6) is -2.43. The Kier molecular flexibility index (Phi) is 8.57. The summed E-state index contributed by atoms with van der Waals surface area (Å²) in [6.07, 6.45) is 8.12. The first kappa shape index (κ1) is 26.4. The Labute approximate surface area is 202 Å². The first-order valence-corrected chi connectivity index (χ1v) is 12.7. The molecule has 34 heavy (non-hydrogen) atoms. The first-order chi connectivity index (χ1) is 16.4. The molecule has 0 saturated carbocycles. The molecule has 2 bridgehead atoms. The lowest BCUT2D eigenvalue weighted by atomic mass is 9.65. The zero-order valence-corrected chi connectivity index (χ0v) is 20.7. The van der Waals surface area contributed by atoms with Crippen molar-refractivity contribution in [2.75, 3.05) is 32.8 Å². The van der Waals surface area contributed by atoms with Crippen LogP contribution in [0.4, 0.5) is 0 Å². The molecule has 8 nitrogen and oxygen atoms in total. The molecule has 3 aliphatic heterocycles. The second kappa shape index (κ2) is 11.0. The van der Waals surface area contributed by atoms with Crippen molar-refractivity contribution >= 4 is 17.8 Å². The van der Waals surface area contributed by atoms with Crippen LogP contribution in [0.3, 0.4) is 0 Å². The zero-order valence-electron chi connectivity index (χ0n) is 20.7. The number of ether oxygens (including phenoxy) is 2. The number of esters is 1. The van der Waals surface area contributed by atoms with Gasteiger partial charge in [-0.2, -0.15) is 0 Å².